The van der Waals surface area contributed by atoms with Crippen LogP contribution in [0.4, 0.5) is 0 Å². The van der Waals surface area contributed by atoms with Gasteiger partial charge in [0.25, 0.3) is 0 Å². The van der Waals surface area contributed by atoms with E-state index in [2.05, 4.69) is 0 Å². The number of rotatable bonds is 8. The molecule has 3 aromatic rings. The molecule has 0 heterocycles. The van der Waals surface area contributed by atoms with Crippen LogP contribution < -0.4 is 4.74 Å². The molecule has 0 spiro atoms. The average molecular weight is 388 g/mol. The van der Waals surface area contributed by atoms with Crippen LogP contribution in [0.3, 0.4) is 0 Å². The zero-order valence-electron chi connectivity index (χ0n) is 15.9. The Morgan fingerprint density at radius 2 is 1.34 bits per heavy atom. The topological polar surface area (TPSA) is 69.7 Å². The standard InChI is InChI=1S/C24H20O5/c1-17(25)18-12-14-21(15-13-18)28-16-22(26)29-24(20-10-6-3-7-11-20)23(27)19-8-4-2-5-9-19/h2-15,24H,16H2,1H3. The van der Waals surface area contributed by atoms with Gasteiger partial charge in [0.15, 0.2) is 18.5 Å². The van der Waals surface area contributed by atoms with Crippen molar-refractivity contribution < 1.29 is 23.9 Å². The van der Waals surface area contributed by atoms with Crippen LogP contribution in [-0.2, 0) is 9.53 Å². The van der Waals surface area contributed by atoms with Gasteiger partial charge in [0.1, 0.15) is 5.75 Å². The molecule has 0 bridgehead atoms. The van der Waals surface area contributed by atoms with Crippen LogP contribution >= 0.6 is 0 Å². The van der Waals surface area contributed by atoms with E-state index in [4.69, 9.17) is 9.47 Å². The van der Waals surface area contributed by atoms with Crippen LogP contribution in [0.15, 0.2) is 84.9 Å². The second kappa shape index (κ2) is 9.46. The van der Waals surface area contributed by atoms with E-state index < -0.39 is 12.1 Å². The van der Waals surface area contributed by atoms with Gasteiger partial charge in [-0.3, -0.25) is 9.59 Å². The predicted molar refractivity (Wildman–Crippen MR) is 108 cm³/mol. The molecule has 0 aliphatic rings. The minimum absolute atomic E-state index is 0.0545. The van der Waals surface area contributed by atoms with Gasteiger partial charge in [0, 0.05) is 16.7 Å². The summed E-state index contributed by atoms with van der Waals surface area (Å²) >= 11 is 0. The number of carbonyl (C=O) groups is 3. The maximum absolute atomic E-state index is 12.9. The molecule has 5 nitrogen and oxygen atoms in total. The lowest BCUT2D eigenvalue weighted by atomic mass is 10.00. The van der Waals surface area contributed by atoms with Gasteiger partial charge in [-0.15, -0.1) is 0 Å². The highest BCUT2D eigenvalue weighted by molar-refractivity contribution is 6.01. The second-order valence-corrected chi connectivity index (χ2v) is 6.38. The largest absolute Gasteiger partial charge is 0.482 e. The van der Waals surface area contributed by atoms with E-state index in [1.807, 2.05) is 12.1 Å². The number of hydrogen-bond acceptors (Lipinski definition) is 5. The first kappa shape index (κ1) is 20.0. The summed E-state index contributed by atoms with van der Waals surface area (Å²) in [4.78, 5) is 36.6. The van der Waals surface area contributed by atoms with Gasteiger partial charge in [0.2, 0.25) is 5.78 Å². The van der Waals surface area contributed by atoms with E-state index in [1.54, 1.807) is 72.8 Å². The fourth-order valence-corrected chi connectivity index (χ4v) is 2.75. The van der Waals surface area contributed by atoms with Crippen molar-refractivity contribution in [3.8, 4) is 5.75 Å². The fourth-order valence-electron chi connectivity index (χ4n) is 2.75. The molecular weight excluding hydrogens is 368 g/mol. The third-order valence-electron chi connectivity index (χ3n) is 4.27. The van der Waals surface area contributed by atoms with Crippen molar-refractivity contribution in [2.75, 3.05) is 6.61 Å². The van der Waals surface area contributed by atoms with Crippen molar-refractivity contribution in [3.05, 3.63) is 102 Å². The summed E-state index contributed by atoms with van der Waals surface area (Å²) in [6, 6.07) is 24.0. The molecule has 0 saturated carbocycles. The van der Waals surface area contributed by atoms with E-state index in [-0.39, 0.29) is 18.2 Å². The Bertz CT molecular complexity index is 979. The molecule has 5 heteroatoms. The van der Waals surface area contributed by atoms with E-state index in [1.165, 1.54) is 6.92 Å². The molecule has 3 aromatic carbocycles. The SMILES string of the molecule is CC(=O)c1ccc(OCC(=O)OC(C(=O)c2ccccc2)c2ccccc2)cc1. The van der Waals surface area contributed by atoms with Crippen LogP contribution in [0.1, 0.15) is 39.3 Å². The zero-order valence-corrected chi connectivity index (χ0v) is 15.9. The third kappa shape index (κ3) is 5.39. The van der Waals surface area contributed by atoms with E-state index in [0.717, 1.165) is 0 Å². The Labute approximate surface area is 168 Å². The highest BCUT2D eigenvalue weighted by Gasteiger charge is 2.26. The lowest BCUT2D eigenvalue weighted by Crippen LogP contribution is -2.23. The quantitative estimate of drug-likeness (QED) is 0.422. The number of ether oxygens (including phenoxy) is 2. The molecule has 3 rings (SSSR count). The smallest absolute Gasteiger partial charge is 0.345 e. The monoisotopic (exact) mass is 388 g/mol. The summed E-state index contributed by atoms with van der Waals surface area (Å²) in [5.74, 6) is -0.603. The number of hydrogen-bond donors (Lipinski definition) is 0. The van der Waals surface area contributed by atoms with Crippen molar-refractivity contribution in [2.45, 2.75) is 13.0 Å². The van der Waals surface area contributed by atoms with Crippen molar-refractivity contribution in [3.63, 3.8) is 0 Å². The molecule has 0 N–H and O–H groups in total. The molecule has 0 fully saturated rings. The van der Waals surface area contributed by atoms with Crippen molar-refractivity contribution >= 4 is 17.5 Å². The summed E-state index contributed by atoms with van der Waals surface area (Å²) in [5.41, 5.74) is 1.59. The fraction of sp³-hybridized carbons (Fsp3) is 0.125. The summed E-state index contributed by atoms with van der Waals surface area (Å²) in [7, 11) is 0. The third-order valence-corrected chi connectivity index (χ3v) is 4.27. The van der Waals surface area contributed by atoms with Gasteiger partial charge >= 0.3 is 5.97 Å². The number of carbonyl (C=O) groups excluding carboxylic acids is 3. The normalized spacial score (nSPS) is 11.3. The molecule has 0 aliphatic heterocycles. The summed E-state index contributed by atoms with van der Waals surface area (Å²) in [5, 5.41) is 0. The number of esters is 1. The highest BCUT2D eigenvalue weighted by atomic mass is 16.6. The maximum Gasteiger partial charge on any atom is 0.345 e. The predicted octanol–water partition coefficient (Wildman–Crippen LogP) is 4.44. The lowest BCUT2D eigenvalue weighted by molar-refractivity contribution is -0.149. The van der Waals surface area contributed by atoms with E-state index in [9.17, 15) is 14.4 Å². The van der Waals surface area contributed by atoms with Gasteiger partial charge in [-0.1, -0.05) is 60.7 Å². The second-order valence-electron chi connectivity index (χ2n) is 6.38. The van der Waals surface area contributed by atoms with Crippen molar-refractivity contribution in [2.24, 2.45) is 0 Å². The van der Waals surface area contributed by atoms with Crippen LogP contribution in [-0.4, -0.2) is 24.1 Å². The summed E-state index contributed by atoms with van der Waals surface area (Å²) < 4.78 is 10.9. The van der Waals surface area contributed by atoms with E-state index in [0.29, 0.717) is 22.4 Å². The number of ketones is 2. The molecule has 0 radical (unpaired) electrons. The zero-order chi connectivity index (χ0) is 20.6. The molecule has 1 atom stereocenters. The summed E-state index contributed by atoms with van der Waals surface area (Å²) in [6.45, 7) is 1.12. The van der Waals surface area contributed by atoms with Crippen LogP contribution in [0.25, 0.3) is 0 Å². The first-order valence-corrected chi connectivity index (χ1v) is 9.12. The maximum atomic E-state index is 12.9. The minimum Gasteiger partial charge on any atom is -0.482 e. The Balaban J connectivity index is 1.69. The van der Waals surface area contributed by atoms with Gasteiger partial charge in [0.05, 0.1) is 0 Å². The number of benzene rings is 3. The minimum atomic E-state index is -1.06. The average Bonchev–Trinajstić information content (AvgIpc) is 2.77. The molecule has 1 unspecified atom stereocenters. The Morgan fingerprint density at radius 3 is 1.93 bits per heavy atom. The van der Waals surface area contributed by atoms with Crippen LogP contribution in [0.5, 0.6) is 5.75 Å². The van der Waals surface area contributed by atoms with Crippen molar-refractivity contribution in [1.82, 2.24) is 0 Å². The van der Waals surface area contributed by atoms with E-state index >= 15 is 0 Å². The molecule has 0 aromatic heterocycles. The van der Waals surface area contributed by atoms with Crippen molar-refractivity contribution in [1.29, 1.82) is 0 Å². The first-order valence-electron chi connectivity index (χ1n) is 9.12. The van der Waals surface area contributed by atoms with Gasteiger partial charge in [-0.05, 0) is 31.2 Å². The molecular formula is C24H20O5. The molecule has 0 saturated heterocycles. The Kier molecular flexibility index (Phi) is 6.53. The lowest BCUT2D eigenvalue weighted by Gasteiger charge is -2.17. The summed E-state index contributed by atoms with van der Waals surface area (Å²) in [6.07, 6.45) is -1.06. The Hall–Kier alpha value is -3.73. The van der Waals surface area contributed by atoms with Gasteiger partial charge in [-0.2, -0.15) is 0 Å². The van der Waals surface area contributed by atoms with Crippen LogP contribution in [0, 0.1) is 0 Å². The highest BCUT2D eigenvalue weighted by Crippen LogP contribution is 2.23. The number of Topliss-reactive ketones (excluding diaryl/α,β-unsaturated/α-hetero) is 2. The van der Waals surface area contributed by atoms with Gasteiger partial charge < -0.3 is 9.47 Å². The van der Waals surface area contributed by atoms with Gasteiger partial charge in [-0.25, -0.2) is 4.79 Å². The first-order chi connectivity index (χ1) is 14.0. The van der Waals surface area contributed by atoms with Crippen LogP contribution in [0.2, 0.25) is 0 Å². The molecule has 0 aliphatic carbocycles. The Morgan fingerprint density at radius 1 is 0.759 bits per heavy atom. The molecule has 146 valence electrons. The molecule has 0 amide bonds. The molecule has 29 heavy (non-hydrogen) atoms.